The van der Waals surface area contributed by atoms with Crippen LogP contribution in [0.4, 0.5) is 0 Å². The molecule has 0 aliphatic heterocycles. The fourth-order valence-corrected chi connectivity index (χ4v) is 2.56. The standard InChI is InChI=1S/C14H18N2O3S/c1-3-10(2)16(8-13(17)18)7-11-9-19-14(15-11)12-5-4-6-20-12/h4-6,9-10H,3,7-8H2,1-2H3,(H,17,18). The molecule has 0 aromatic carbocycles. The molecule has 2 aromatic heterocycles. The maximum atomic E-state index is 10.9. The Labute approximate surface area is 121 Å². The molecule has 20 heavy (non-hydrogen) atoms. The van der Waals surface area contributed by atoms with Crippen molar-refractivity contribution in [1.29, 1.82) is 0 Å². The summed E-state index contributed by atoms with van der Waals surface area (Å²) in [6, 6.07) is 4.08. The van der Waals surface area contributed by atoms with Gasteiger partial charge in [-0.15, -0.1) is 11.3 Å². The molecule has 0 aliphatic rings. The fraction of sp³-hybridized carbons (Fsp3) is 0.429. The third-order valence-corrected chi connectivity index (χ3v) is 4.06. The Balaban J connectivity index is 2.08. The van der Waals surface area contributed by atoms with E-state index in [9.17, 15) is 4.79 Å². The van der Waals surface area contributed by atoms with Crippen molar-refractivity contribution in [2.24, 2.45) is 0 Å². The van der Waals surface area contributed by atoms with Crippen molar-refractivity contribution >= 4 is 17.3 Å². The normalized spacial score (nSPS) is 12.8. The van der Waals surface area contributed by atoms with Crippen LogP contribution in [0.25, 0.3) is 10.8 Å². The average Bonchev–Trinajstić information content (AvgIpc) is 3.06. The van der Waals surface area contributed by atoms with Crippen LogP contribution in [0.3, 0.4) is 0 Å². The lowest BCUT2D eigenvalue weighted by molar-refractivity contribution is -0.139. The van der Waals surface area contributed by atoms with Crippen LogP contribution in [-0.2, 0) is 11.3 Å². The quantitative estimate of drug-likeness (QED) is 0.850. The van der Waals surface area contributed by atoms with E-state index >= 15 is 0 Å². The van der Waals surface area contributed by atoms with Crippen molar-refractivity contribution in [3.05, 3.63) is 29.5 Å². The molecule has 6 heteroatoms. The molecule has 2 heterocycles. The largest absolute Gasteiger partial charge is 0.480 e. The van der Waals surface area contributed by atoms with Crippen LogP contribution in [0.15, 0.2) is 28.2 Å². The number of carboxylic acid groups (broad SMARTS) is 1. The Kier molecular flexibility index (Phi) is 4.92. The summed E-state index contributed by atoms with van der Waals surface area (Å²) < 4.78 is 5.45. The molecule has 0 aliphatic carbocycles. The van der Waals surface area contributed by atoms with Crippen molar-refractivity contribution in [1.82, 2.24) is 9.88 Å². The molecule has 0 spiro atoms. The number of carboxylic acids is 1. The van der Waals surface area contributed by atoms with Gasteiger partial charge in [0, 0.05) is 12.6 Å². The van der Waals surface area contributed by atoms with Gasteiger partial charge < -0.3 is 9.52 Å². The van der Waals surface area contributed by atoms with Gasteiger partial charge in [0.2, 0.25) is 5.89 Å². The highest BCUT2D eigenvalue weighted by atomic mass is 32.1. The predicted octanol–water partition coefficient (Wildman–Crippen LogP) is 3.09. The molecule has 0 radical (unpaired) electrons. The topological polar surface area (TPSA) is 66.6 Å². The molecule has 0 amide bonds. The number of rotatable bonds is 7. The highest BCUT2D eigenvalue weighted by Crippen LogP contribution is 2.24. The highest BCUT2D eigenvalue weighted by molar-refractivity contribution is 7.13. The zero-order chi connectivity index (χ0) is 14.5. The molecular weight excluding hydrogens is 276 g/mol. The number of hydrogen-bond acceptors (Lipinski definition) is 5. The van der Waals surface area contributed by atoms with Crippen LogP contribution in [0.5, 0.6) is 0 Å². The first-order chi connectivity index (χ1) is 9.60. The minimum Gasteiger partial charge on any atom is -0.480 e. The SMILES string of the molecule is CCC(C)N(CC(=O)O)Cc1coc(-c2cccs2)n1. The summed E-state index contributed by atoms with van der Waals surface area (Å²) in [5.41, 5.74) is 0.759. The average molecular weight is 294 g/mol. The minimum atomic E-state index is -0.827. The van der Waals surface area contributed by atoms with E-state index in [-0.39, 0.29) is 12.6 Å². The Bertz CT molecular complexity index is 551. The van der Waals surface area contributed by atoms with Crippen molar-refractivity contribution in [3.8, 4) is 10.8 Å². The van der Waals surface area contributed by atoms with Gasteiger partial charge in [-0.1, -0.05) is 13.0 Å². The maximum Gasteiger partial charge on any atom is 0.317 e. The minimum absolute atomic E-state index is 0.0101. The molecule has 1 N–H and O–H groups in total. The zero-order valence-corrected chi connectivity index (χ0v) is 12.4. The first-order valence-electron chi connectivity index (χ1n) is 6.54. The number of aliphatic carboxylic acids is 1. The second-order valence-electron chi connectivity index (χ2n) is 4.68. The van der Waals surface area contributed by atoms with Crippen molar-refractivity contribution < 1.29 is 14.3 Å². The van der Waals surface area contributed by atoms with Crippen LogP contribution in [0.2, 0.25) is 0 Å². The second kappa shape index (κ2) is 6.67. The van der Waals surface area contributed by atoms with Gasteiger partial charge in [0.25, 0.3) is 0 Å². The van der Waals surface area contributed by atoms with E-state index in [2.05, 4.69) is 4.98 Å². The number of aromatic nitrogens is 1. The highest BCUT2D eigenvalue weighted by Gasteiger charge is 2.18. The van der Waals surface area contributed by atoms with E-state index in [0.29, 0.717) is 12.4 Å². The van der Waals surface area contributed by atoms with E-state index in [1.807, 2.05) is 36.3 Å². The van der Waals surface area contributed by atoms with Crippen molar-refractivity contribution in [2.75, 3.05) is 6.54 Å². The molecule has 0 saturated carbocycles. The molecule has 2 rings (SSSR count). The van der Waals surface area contributed by atoms with Gasteiger partial charge in [0.1, 0.15) is 6.26 Å². The molecule has 1 atom stereocenters. The van der Waals surface area contributed by atoms with Crippen LogP contribution in [-0.4, -0.2) is 33.5 Å². The Morgan fingerprint density at radius 1 is 1.60 bits per heavy atom. The fourth-order valence-electron chi connectivity index (χ4n) is 1.90. The van der Waals surface area contributed by atoms with E-state index in [0.717, 1.165) is 17.0 Å². The Morgan fingerprint density at radius 2 is 2.40 bits per heavy atom. The predicted molar refractivity (Wildman–Crippen MR) is 77.6 cm³/mol. The Hall–Kier alpha value is -1.66. The molecule has 5 nitrogen and oxygen atoms in total. The summed E-state index contributed by atoms with van der Waals surface area (Å²) in [5.74, 6) is -0.235. The van der Waals surface area contributed by atoms with E-state index < -0.39 is 5.97 Å². The number of hydrogen-bond donors (Lipinski definition) is 1. The lowest BCUT2D eigenvalue weighted by Crippen LogP contribution is -2.36. The first-order valence-corrected chi connectivity index (χ1v) is 7.42. The van der Waals surface area contributed by atoms with Crippen molar-refractivity contribution in [2.45, 2.75) is 32.9 Å². The van der Waals surface area contributed by atoms with Gasteiger partial charge in [0.15, 0.2) is 0 Å². The van der Waals surface area contributed by atoms with Gasteiger partial charge in [-0.25, -0.2) is 4.98 Å². The van der Waals surface area contributed by atoms with Crippen LogP contribution >= 0.6 is 11.3 Å². The van der Waals surface area contributed by atoms with Gasteiger partial charge in [-0.2, -0.15) is 0 Å². The lowest BCUT2D eigenvalue weighted by atomic mass is 10.2. The monoisotopic (exact) mass is 294 g/mol. The van der Waals surface area contributed by atoms with Crippen LogP contribution in [0, 0.1) is 0 Å². The number of thiophene rings is 1. The van der Waals surface area contributed by atoms with E-state index in [1.165, 1.54) is 0 Å². The van der Waals surface area contributed by atoms with Gasteiger partial charge in [-0.05, 0) is 24.8 Å². The Morgan fingerprint density at radius 3 is 3.00 bits per heavy atom. The number of nitrogens with zero attached hydrogens (tertiary/aromatic N) is 2. The van der Waals surface area contributed by atoms with Gasteiger partial charge in [-0.3, -0.25) is 9.69 Å². The molecular formula is C14H18N2O3S. The summed E-state index contributed by atoms with van der Waals surface area (Å²) in [6.45, 7) is 4.55. The second-order valence-corrected chi connectivity index (χ2v) is 5.62. The van der Waals surface area contributed by atoms with Gasteiger partial charge >= 0.3 is 5.97 Å². The molecule has 1 unspecified atom stereocenters. The summed E-state index contributed by atoms with van der Waals surface area (Å²) in [7, 11) is 0. The van der Waals surface area contributed by atoms with E-state index in [1.54, 1.807) is 17.6 Å². The van der Waals surface area contributed by atoms with Crippen molar-refractivity contribution in [3.63, 3.8) is 0 Å². The third kappa shape index (κ3) is 3.68. The van der Waals surface area contributed by atoms with Crippen LogP contribution in [0.1, 0.15) is 26.0 Å². The molecule has 0 fully saturated rings. The maximum absolute atomic E-state index is 10.9. The third-order valence-electron chi connectivity index (χ3n) is 3.20. The van der Waals surface area contributed by atoms with E-state index in [4.69, 9.17) is 9.52 Å². The number of carbonyl (C=O) groups is 1. The molecule has 0 saturated heterocycles. The summed E-state index contributed by atoms with van der Waals surface area (Å²) in [5, 5.41) is 10.9. The number of oxazole rings is 1. The molecule has 2 aromatic rings. The summed E-state index contributed by atoms with van der Waals surface area (Å²) in [6.07, 6.45) is 2.50. The summed E-state index contributed by atoms with van der Waals surface area (Å²) in [4.78, 5) is 18.2. The lowest BCUT2D eigenvalue weighted by Gasteiger charge is -2.25. The molecule has 108 valence electrons. The first kappa shape index (κ1) is 14.7. The van der Waals surface area contributed by atoms with Gasteiger partial charge in [0.05, 0.1) is 17.1 Å². The summed E-state index contributed by atoms with van der Waals surface area (Å²) >= 11 is 1.57. The van der Waals surface area contributed by atoms with Crippen LogP contribution < -0.4 is 0 Å². The zero-order valence-electron chi connectivity index (χ0n) is 11.6. The smallest absolute Gasteiger partial charge is 0.317 e. The molecule has 0 bridgehead atoms.